The zero-order chi connectivity index (χ0) is 23.8. The first kappa shape index (κ1) is 23.5. The maximum absolute atomic E-state index is 14.0. The topological polar surface area (TPSA) is 113 Å². The minimum Gasteiger partial charge on any atom is -0.462 e. The summed E-state index contributed by atoms with van der Waals surface area (Å²) >= 11 is 1.12. The Balaban J connectivity index is 1.48. The first-order valence-electron chi connectivity index (χ1n) is 10.4. The average Bonchev–Trinajstić information content (AvgIpc) is 3.11. The Hall–Kier alpha value is -2.67. The van der Waals surface area contributed by atoms with Crippen molar-refractivity contribution < 1.29 is 22.3 Å². The van der Waals surface area contributed by atoms with Crippen LogP contribution in [0.25, 0.3) is 10.2 Å². The van der Waals surface area contributed by atoms with Crippen LogP contribution in [0.2, 0.25) is 0 Å². The van der Waals surface area contributed by atoms with Crippen LogP contribution in [-0.4, -0.2) is 66.3 Å². The number of fused-ring (bicyclic) bond motifs is 1. The number of hydrogen-bond donors (Lipinski definition) is 1. The van der Waals surface area contributed by atoms with Crippen LogP contribution in [0.1, 0.15) is 28.0 Å². The van der Waals surface area contributed by atoms with E-state index in [4.69, 9.17) is 4.74 Å². The van der Waals surface area contributed by atoms with Crippen LogP contribution in [0.4, 0.5) is 4.39 Å². The van der Waals surface area contributed by atoms with Crippen molar-refractivity contribution in [3.05, 3.63) is 56.7 Å². The third kappa shape index (κ3) is 4.56. The molecule has 1 saturated heterocycles. The minimum absolute atomic E-state index is 0.189. The van der Waals surface area contributed by atoms with E-state index in [0.717, 1.165) is 17.4 Å². The zero-order valence-electron chi connectivity index (χ0n) is 18.1. The number of H-pyrrole nitrogens is 1. The highest BCUT2D eigenvalue weighted by Crippen LogP contribution is 2.28. The summed E-state index contributed by atoms with van der Waals surface area (Å²) in [5, 5.41) is 0.368. The van der Waals surface area contributed by atoms with E-state index in [9.17, 15) is 22.4 Å². The van der Waals surface area contributed by atoms with Crippen LogP contribution in [0.15, 0.2) is 34.0 Å². The van der Waals surface area contributed by atoms with Crippen LogP contribution in [0.5, 0.6) is 0 Å². The standard InChI is InChI=1S/C21H23FN4O5S2/c1-3-31-21(28)18-13(2)17-19(27)23-16(24-20(17)32-18)12-25-8-10-26(11-9-25)33(29,30)15-7-5-4-6-14(15)22/h4-7H,3,8-12H2,1-2H3,(H,23,24,27). The van der Waals surface area contributed by atoms with E-state index in [0.29, 0.717) is 46.1 Å². The maximum atomic E-state index is 14.0. The summed E-state index contributed by atoms with van der Waals surface area (Å²) in [6.07, 6.45) is 0. The fourth-order valence-electron chi connectivity index (χ4n) is 3.79. The van der Waals surface area contributed by atoms with Crippen molar-refractivity contribution in [3.8, 4) is 0 Å². The molecule has 1 fully saturated rings. The van der Waals surface area contributed by atoms with Crippen molar-refractivity contribution in [1.82, 2.24) is 19.2 Å². The molecule has 2 aromatic heterocycles. The Labute approximate surface area is 193 Å². The van der Waals surface area contributed by atoms with Gasteiger partial charge in [0, 0.05) is 26.2 Å². The molecule has 176 valence electrons. The molecule has 0 amide bonds. The fraction of sp³-hybridized carbons (Fsp3) is 0.381. The van der Waals surface area contributed by atoms with Gasteiger partial charge in [-0.05, 0) is 31.5 Å². The van der Waals surface area contributed by atoms with E-state index in [2.05, 4.69) is 9.97 Å². The van der Waals surface area contributed by atoms with E-state index in [1.807, 2.05) is 4.90 Å². The van der Waals surface area contributed by atoms with Crippen LogP contribution in [0.3, 0.4) is 0 Å². The highest BCUT2D eigenvalue weighted by molar-refractivity contribution is 7.89. The average molecular weight is 495 g/mol. The van der Waals surface area contributed by atoms with Crippen molar-refractivity contribution in [3.63, 3.8) is 0 Å². The van der Waals surface area contributed by atoms with E-state index < -0.39 is 21.8 Å². The number of carbonyl (C=O) groups excluding carboxylic acids is 1. The van der Waals surface area contributed by atoms with Gasteiger partial charge in [-0.1, -0.05) is 12.1 Å². The number of carbonyl (C=O) groups is 1. The number of nitrogens with zero attached hydrogens (tertiary/aromatic N) is 3. The lowest BCUT2D eigenvalue weighted by Crippen LogP contribution is -2.48. The largest absolute Gasteiger partial charge is 0.462 e. The number of benzene rings is 1. The molecule has 0 unspecified atom stereocenters. The predicted octanol–water partition coefficient (Wildman–Crippen LogP) is 2.12. The Kier molecular flexibility index (Phi) is 6.61. The molecule has 3 heterocycles. The van der Waals surface area contributed by atoms with E-state index in [-0.39, 0.29) is 30.2 Å². The second kappa shape index (κ2) is 9.29. The molecule has 1 aliphatic rings. The molecule has 0 aliphatic carbocycles. The van der Waals surface area contributed by atoms with Gasteiger partial charge in [-0.15, -0.1) is 11.3 Å². The number of esters is 1. The highest BCUT2D eigenvalue weighted by Gasteiger charge is 2.30. The molecule has 1 N–H and O–H groups in total. The van der Waals surface area contributed by atoms with Gasteiger partial charge in [-0.2, -0.15) is 4.31 Å². The number of halogens is 1. The van der Waals surface area contributed by atoms with Gasteiger partial charge in [-0.25, -0.2) is 22.6 Å². The third-order valence-electron chi connectivity index (χ3n) is 5.47. The molecule has 0 saturated carbocycles. The van der Waals surface area contributed by atoms with Crippen molar-refractivity contribution in [2.75, 3.05) is 32.8 Å². The van der Waals surface area contributed by atoms with Crippen molar-refractivity contribution >= 4 is 37.5 Å². The maximum Gasteiger partial charge on any atom is 0.348 e. The van der Waals surface area contributed by atoms with Gasteiger partial charge < -0.3 is 9.72 Å². The minimum atomic E-state index is -3.92. The first-order valence-corrected chi connectivity index (χ1v) is 12.6. The summed E-state index contributed by atoms with van der Waals surface area (Å²) in [4.78, 5) is 34.5. The molecular formula is C21H23FN4O5S2. The molecule has 3 aromatic rings. The summed E-state index contributed by atoms with van der Waals surface area (Å²) in [5.41, 5.74) is 0.209. The number of piperazine rings is 1. The van der Waals surface area contributed by atoms with Crippen LogP contribution < -0.4 is 5.56 Å². The Bertz CT molecular complexity index is 1360. The van der Waals surface area contributed by atoms with Gasteiger partial charge >= 0.3 is 5.97 Å². The molecule has 33 heavy (non-hydrogen) atoms. The summed E-state index contributed by atoms with van der Waals surface area (Å²) in [7, 11) is -3.92. The normalized spacial score (nSPS) is 15.7. The number of thiophene rings is 1. The van der Waals surface area contributed by atoms with Crippen molar-refractivity contribution in [1.29, 1.82) is 0 Å². The predicted molar refractivity (Wildman–Crippen MR) is 121 cm³/mol. The number of aryl methyl sites for hydroxylation is 1. The monoisotopic (exact) mass is 494 g/mol. The lowest BCUT2D eigenvalue weighted by atomic mass is 10.2. The molecule has 0 radical (unpaired) electrons. The Morgan fingerprint density at radius 1 is 1.24 bits per heavy atom. The zero-order valence-corrected chi connectivity index (χ0v) is 19.8. The number of aromatic nitrogens is 2. The smallest absolute Gasteiger partial charge is 0.348 e. The van der Waals surface area contributed by atoms with E-state index in [1.165, 1.54) is 22.5 Å². The quantitative estimate of drug-likeness (QED) is 0.522. The highest BCUT2D eigenvalue weighted by atomic mass is 32.2. The second-order valence-electron chi connectivity index (χ2n) is 7.58. The molecule has 0 atom stereocenters. The van der Waals surface area contributed by atoms with Crippen LogP contribution in [0, 0.1) is 12.7 Å². The molecule has 1 aromatic carbocycles. The SMILES string of the molecule is CCOC(=O)c1sc2nc(CN3CCN(S(=O)(=O)c4ccccc4F)CC3)[nH]c(=O)c2c1C. The van der Waals surface area contributed by atoms with E-state index in [1.54, 1.807) is 13.8 Å². The fourth-order valence-corrected chi connectivity index (χ4v) is 6.37. The first-order chi connectivity index (χ1) is 15.7. The molecular weight excluding hydrogens is 471 g/mol. The van der Waals surface area contributed by atoms with Gasteiger partial charge in [0.2, 0.25) is 10.0 Å². The number of rotatable bonds is 6. The lowest BCUT2D eigenvalue weighted by molar-refractivity contribution is 0.0531. The Morgan fingerprint density at radius 2 is 1.94 bits per heavy atom. The second-order valence-corrected chi connectivity index (χ2v) is 10.5. The van der Waals surface area contributed by atoms with Crippen molar-refractivity contribution in [2.45, 2.75) is 25.3 Å². The summed E-state index contributed by atoms with van der Waals surface area (Å²) < 4.78 is 45.9. The molecule has 0 spiro atoms. The molecule has 12 heteroatoms. The lowest BCUT2D eigenvalue weighted by Gasteiger charge is -2.33. The van der Waals surface area contributed by atoms with Crippen LogP contribution in [-0.2, 0) is 21.3 Å². The number of sulfonamides is 1. The number of nitrogens with one attached hydrogen (secondary N) is 1. The summed E-state index contributed by atoms with van der Waals surface area (Å²) in [5.74, 6) is -0.829. The Morgan fingerprint density at radius 3 is 2.61 bits per heavy atom. The molecule has 9 nitrogen and oxygen atoms in total. The van der Waals surface area contributed by atoms with Gasteiger partial charge in [0.15, 0.2) is 0 Å². The van der Waals surface area contributed by atoms with Crippen LogP contribution >= 0.6 is 11.3 Å². The van der Waals surface area contributed by atoms with Gasteiger partial charge in [0.1, 0.15) is 26.2 Å². The third-order valence-corrected chi connectivity index (χ3v) is 8.57. The van der Waals surface area contributed by atoms with Crippen molar-refractivity contribution in [2.24, 2.45) is 0 Å². The van der Waals surface area contributed by atoms with Gasteiger partial charge in [-0.3, -0.25) is 9.69 Å². The molecule has 0 bridgehead atoms. The number of hydrogen-bond acceptors (Lipinski definition) is 8. The van der Waals surface area contributed by atoms with Gasteiger partial charge in [0.25, 0.3) is 5.56 Å². The van der Waals surface area contributed by atoms with E-state index >= 15 is 0 Å². The molecule has 4 rings (SSSR count). The summed E-state index contributed by atoms with van der Waals surface area (Å²) in [6.45, 7) is 5.12. The summed E-state index contributed by atoms with van der Waals surface area (Å²) in [6, 6.07) is 5.32. The molecule has 1 aliphatic heterocycles. The van der Waals surface area contributed by atoms with Gasteiger partial charge in [0.05, 0.1) is 18.5 Å². The number of aromatic amines is 1. The number of ether oxygens (including phenoxy) is 1.